The van der Waals surface area contributed by atoms with Crippen molar-refractivity contribution in [2.75, 3.05) is 57.3 Å². The Labute approximate surface area is 168 Å². The van der Waals surface area contributed by atoms with Crippen LogP contribution in [0.4, 0.5) is 5.69 Å². The number of hydrogen-bond acceptors (Lipinski definition) is 5. The van der Waals surface area contributed by atoms with Gasteiger partial charge in [-0.1, -0.05) is 12.1 Å². The van der Waals surface area contributed by atoms with E-state index in [4.69, 9.17) is 4.74 Å². The average Bonchev–Trinajstić information content (AvgIpc) is 2.71. The molecule has 154 valence electrons. The average molecular weight is 388 g/mol. The third-order valence-electron chi connectivity index (χ3n) is 6.04. The predicted molar refractivity (Wildman–Crippen MR) is 111 cm³/mol. The first-order valence-electron chi connectivity index (χ1n) is 10.5. The molecule has 0 saturated carbocycles. The molecular formula is C22H33N3O3. The maximum absolute atomic E-state index is 12.8. The van der Waals surface area contributed by atoms with Crippen molar-refractivity contribution in [3.63, 3.8) is 0 Å². The molecule has 2 saturated heterocycles. The SMILES string of the molecule is CCOC(=O)C1CCCN(C(=O)CN2CCN(c3cccc(C)c3C)CC2)C1. The van der Waals surface area contributed by atoms with Crippen LogP contribution >= 0.6 is 0 Å². The number of carbonyl (C=O) groups excluding carboxylic acids is 2. The van der Waals surface area contributed by atoms with Gasteiger partial charge in [0.2, 0.25) is 5.91 Å². The van der Waals surface area contributed by atoms with Crippen LogP contribution < -0.4 is 4.90 Å². The topological polar surface area (TPSA) is 53.1 Å². The predicted octanol–water partition coefficient (Wildman–Crippen LogP) is 2.23. The Balaban J connectivity index is 1.49. The summed E-state index contributed by atoms with van der Waals surface area (Å²) in [5.41, 5.74) is 3.96. The Bertz CT molecular complexity index is 698. The smallest absolute Gasteiger partial charge is 0.310 e. The number of ether oxygens (including phenoxy) is 1. The minimum atomic E-state index is -0.168. The summed E-state index contributed by atoms with van der Waals surface area (Å²) < 4.78 is 5.14. The second-order valence-electron chi connectivity index (χ2n) is 7.91. The number of piperidine rings is 1. The van der Waals surface area contributed by atoms with Crippen molar-refractivity contribution >= 4 is 17.6 Å². The van der Waals surface area contributed by atoms with Crippen LogP contribution in [-0.4, -0.2) is 74.1 Å². The van der Waals surface area contributed by atoms with Crippen LogP contribution in [0, 0.1) is 19.8 Å². The molecule has 1 atom stereocenters. The number of esters is 1. The lowest BCUT2D eigenvalue weighted by Crippen LogP contribution is -2.52. The lowest BCUT2D eigenvalue weighted by Gasteiger charge is -2.38. The van der Waals surface area contributed by atoms with Gasteiger partial charge in [-0.3, -0.25) is 14.5 Å². The molecule has 3 rings (SSSR count). The molecule has 1 unspecified atom stereocenters. The van der Waals surface area contributed by atoms with Gasteiger partial charge < -0.3 is 14.5 Å². The number of carbonyl (C=O) groups is 2. The Morgan fingerprint density at radius 3 is 2.57 bits per heavy atom. The highest BCUT2D eigenvalue weighted by Gasteiger charge is 2.30. The molecule has 6 heteroatoms. The molecule has 28 heavy (non-hydrogen) atoms. The zero-order valence-corrected chi connectivity index (χ0v) is 17.4. The summed E-state index contributed by atoms with van der Waals surface area (Å²) >= 11 is 0. The monoisotopic (exact) mass is 387 g/mol. The fraction of sp³-hybridized carbons (Fsp3) is 0.636. The third-order valence-corrected chi connectivity index (χ3v) is 6.04. The Hall–Kier alpha value is -2.08. The number of likely N-dealkylation sites (tertiary alicyclic amines) is 1. The second-order valence-corrected chi connectivity index (χ2v) is 7.91. The van der Waals surface area contributed by atoms with E-state index in [1.54, 1.807) is 0 Å². The largest absolute Gasteiger partial charge is 0.466 e. The number of benzene rings is 1. The summed E-state index contributed by atoms with van der Waals surface area (Å²) in [7, 11) is 0. The molecule has 1 aromatic rings. The van der Waals surface area contributed by atoms with E-state index in [0.717, 1.165) is 45.6 Å². The summed E-state index contributed by atoms with van der Waals surface area (Å²) in [6.45, 7) is 11.9. The first-order chi connectivity index (χ1) is 13.5. The molecule has 6 nitrogen and oxygen atoms in total. The van der Waals surface area contributed by atoms with Gasteiger partial charge in [0.05, 0.1) is 19.1 Å². The highest BCUT2D eigenvalue weighted by Crippen LogP contribution is 2.24. The lowest BCUT2D eigenvalue weighted by atomic mass is 9.98. The Kier molecular flexibility index (Phi) is 6.94. The number of anilines is 1. The van der Waals surface area contributed by atoms with Crippen LogP contribution in [0.25, 0.3) is 0 Å². The van der Waals surface area contributed by atoms with Crippen molar-refractivity contribution in [1.82, 2.24) is 9.80 Å². The molecular weight excluding hydrogens is 354 g/mol. The minimum Gasteiger partial charge on any atom is -0.466 e. The minimum absolute atomic E-state index is 0.134. The van der Waals surface area contributed by atoms with Crippen LogP contribution in [0.3, 0.4) is 0 Å². The summed E-state index contributed by atoms with van der Waals surface area (Å²) in [5, 5.41) is 0. The van der Waals surface area contributed by atoms with Gasteiger partial charge in [-0.05, 0) is 50.8 Å². The number of nitrogens with zero attached hydrogens (tertiary/aromatic N) is 3. The zero-order chi connectivity index (χ0) is 20.1. The molecule has 0 radical (unpaired) electrons. The number of aryl methyl sites for hydroxylation is 1. The van der Waals surface area contributed by atoms with Gasteiger partial charge in [0.15, 0.2) is 0 Å². The molecule has 0 aliphatic carbocycles. The molecule has 2 aliphatic rings. The van der Waals surface area contributed by atoms with E-state index in [-0.39, 0.29) is 17.8 Å². The highest BCUT2D eigenvalue weighted by molar-refractivity contribution is 5.80. The Morgan fingerprint density at radius 2 is 1.86 bits per heavy atom. The molecule has 1 amide bonds. The van der Waals surface area contributed by atoms with Crippen molar-refractivity contribution in [2.45, 2.75) is 33.6 Å². The van der Waals surface area contributed by atoms with E-state index in [1.807, 2.05) is 11.8 Å². The molecule has 1 aromatic carbocycles. The van der Waals surface area contributed by atoms with Crippen LogP contribution in [0.2, 0.25) is 0 Å². The van der Waals surface area contributed by atoms with Crippen molar-refractivity contribution in [3.05, 3.63) is 29.3 Å². The summed E-state index contributed by atoms with van der Waals surface area (Å²) in [6.07, 6.45) is 1.69. The van der Waals surface area contributed by atoms with Gasteiger partial charge in [-0.25, -0.2) is 0 Å². The molecule has 2 fully saturated rings. The van der Waals surface area contributed by atoms with Crippen molar-refractivity contribution in [1.29, 1.82) is 0 Å². The second kappa shape index (κ2) is 9.41. The van der Waals surface area contributed by atoms with Gasteiger partial charge in [0, 0.05) is 45.0 Å². The van der Waals surface area contributed by atoms with E-state index in [0.29, 0.717) is 19.7 Å². The lowest BCUT2D eigenvalue weighted by molar-refractivity contribution is -0.151. The number of piperazine rings is 1. The van der Waals surface area contributed by atoms with Crippen LogP contribution in [0.15, 0.2) is 18.2 Å². The maximum Gasteiger partial charge on any atom is 0.310 e. The van der Waals surface area contributed by atoms with E-state index < -0.39 is 0 Å². The highest BCUT2D eigenvalue weighted by atomic mass is 16.5. The van der Waals surface area contributed by atoms with Crippen LogP contribution in [0.5, 0.6) is 0 Å². The fourth-order valence-corrected chi connectivity index (χ4v) is 4.17. The van der Waals surface area contributed by atoms with E-state index in [2.05, 4.69) is 41.8 Å². The molecule has 2 heterocycles. The summed E-state index contributed by atoms with van der Waals surface area (Å²) in [5.74, 6) is -0.199. The fourth-order valence-electron chi connectivity index (χ4n) is 4.17. The first kappa shape index (κ1) is 20.6. The van der Waals surface area contributed by atoms with E-state index >= 15 is 0 Å². The standard InChI is InChI=1S/C22H33N3O3/c1-4-28-22(27)19-8-6-10-25(15-19)21(26)16-23-11-13-24(14-12-23)20-9-5-7-17(2)18(20)3/h5,7,9,19H,4,6,8,10-16H2,1-3H3. The molecule has 0 N–H and O–H groups in total. The molecule has 0 spiro atoms. The third kappa shape index (κ3) is 4.85. The number of amides is 1. The molecule has 2 aliphatic heterocycles. The Morgan fingerprint density at radius 1 is 1.11 bits per heavy atom. The maximum atomic E-state index is 12.8. The first-order valence-corrected chi connectivity index (χ1v) is 10.5. The van der Waals surface area contributed by atoms with Crippen molar-refractivity contribution in [3.8, 4) is 0 Å². The van der Waals surface area contributed by atoms with Gasteiger partial charge in [0.1, 0.15) is 0 Å². The van der Waals surface area contributed by atoms with Gasteiger partial charge in [-0.15, -0.1) is 0 Å². The summed E-state index contributed by atoms with van der Waals surface area (Å²) in [4.78, 5) is 31.3. The quantitative estimate of drug-likeness (QED) is 0.725. The van der Waals surface area contributed by atoms with Crippen molar-refractivity contribution in [2.24, 2.45) is 5.92 Å². The van der Waals surface area contributed by atoms with Gasteiger partial charge in [0.25, 0.3) is 0 Å². The van der Waals surface area contributed by atoms with E-state index in [1.165, 1.54) is 16.8 Å². The van der Waals surface area contributed by atoms with Crippen molar-refractivity contribution < 1.29 is 14.3 Å². The van der Waals surface area contributed by atoms with Crippen LogP contribution in [0.1, 0.15) is 30.9 Å². The van der Waals surface area contributed by atoms with Gasteiger partial charge in [-0.2, -0.15) is 0 Å². The molecule has 0 aromatic heterocycles. The number of hydrogen-bond donors (Lipinski definition) is 0. The summed E-state index contributed by atoms with van der Waals surface area (Å²) in [6, 6.07) is 6.45. The van der Waals surface area contributed by atoms with Crippen LogP contribution in [-0.2, 0) is 14.3 Å². The zero-order valence-electron chi connectivity index (χ0n) is 17.4. The van der Waals surface area contributed by atoms with E-state index in [9.17, 15) is 9.59 Å². The molecule has 0 bridgehead atoms. The number of rotatable bonds is 5. The normalized spacial score (nSPS) is 20.9. The van der Waals surface area contributed by atoms with Gasteiger partial charge >= 0.3 is 5.97 Å².